The van der Waals surface area contributed by atoms with E-state index in [1.807, 2.05) is 0 Å². The quantitative estimate of drug-likeness (QED) is 0.210. The number of hydrogen-bond acceptors (Lipinski definition) is 7. The van der Waals surface area contributed by atoms with Gasteiger partial charge in [0.1, 0.15) is 5.69 Å². The lowest BCUT2D eigenvalue weighted by atomic mass is 10.2. The van der Waals surface area contributed by atoms with Crippen molar-refractivity contribution in [2.45, 2.75) is 25.7 Å². The van der Waals surface area contributed by atoms with Gasteiger partial charge in [-0.25, -0.2) is 0 Å². The van der Waals surface area contributed by atoms with E-state index in [4.69, 9.17) is 21.1 Å². The Morgan fingerprint density at radius 2 is 1.62 bits per heavy atom. The van der Waals surface area contributed by atoms with Gasteiger partial charge >= 0.3 is 0 Å². The molecule has 0 amide bonds. The molecule has 1 aromatic carbocycles. The van der Waals surface area contributed by atoms with Crippen molar-refractivity contribution in [1.29, 1.82) is 0 Å². The SMILES string of the molecule is O=[N+]([O-])c1ccc(NCCOCCOCCCCCCCl)c([N+](=O)[O-])c1. The third kappa shape index (κ3) is 8.93. The second-order valence-electron chi connectivity index (χ2n) is 5.47. The van der Waals surface area contributed by atoms with Gasteiger partial charge in [-0.3, -0.25) is 20.2 Å². The molecule has 9 nitrogen and oxygen atoms in total. The van der Waals surface area contributed by atoms with Gasteiger partial charge in [0.2, 0.25) is 0 Å². The van der Waals surface area contributed by atoms with Gasteiger partial charge < -0.3 is 14.8 Å². The number of nitro groups is 2. The van der Waals surface area contributed by atoms with Crippen molar-refractivity contribution in [2.75, 3.05) is 44.2 Å². The van der Waals surface area contributed by atoms with Crippen molar-refractivity contribution < 1.29 is 19.3 Å². The first-order chi connectivity index (χ1) is 12.6. The molecule has 0 spiro atoms. The van der Waals surface area contributed by atoms with Gasteiger partial charge in [0.15, 0.2) is 0 Å². The Morgan fingerprint density at radius 3 is 2.27 bits per heavy atom. The Labute approximate surface area is 156 Å². The predicted molar refractivity (Wildman–Crippen MR) is 99.1 cm³/mol. The van der Waals surface area contributed by atoms with Crippen LogP contribution in [0.3, 0.4) is 0 Å². The van der Waals surface area contributed by atoms with Gasteiger partial charge in [0.25, 0.3) is 11.4 Å². The monoisotopic (exact) mass is 389 g/mol. The van der Waals surface area contributed by atoms with E-state index in [0.717, 1.165) is 31.7 Å². The summed E-state index contributed by atoms with van der Waals surface area (Å²) in [7, 11) is 0. The van der Waals surface area contributed by atoms with Crippen LogP contribution in [0, 0.1) is 20.2 Å². The average Bonchev–Trinajstić information content (AvgIpc) is 2.62. The van der Waals surface area contributed by atoms with Crippen molar-refractivity contribution in [2.24, 2.45) is 0 Å². The Balaban J connectivity index is 2.16. The van der Waals surface area contributed by atoms with E-state index in [1.165, 1.54) is 12.1 Å². The van der Waals surface area contributed by atoms with Crippen LogP contribution >= 0.6 is 11.6 Å². The molecule has 0 aliphatic heterocycles. The molecule has 0 saturated carbocycles. The van der Waals surface area contributed by atoms with Crippen molar-refractivity contribution in [1.82, 2.24) is 0 Å². The molecule has 1 rings (SSSR count). The van der Waals surface area contributed by atoms with Gasteiger partial charge in [-0.15, -0.1) is 11.6 Å². The first-order valence-corrected chi connectivity index (χ1v) is 8.98. The van der Waals surface area contributed by atoms with E-state index >= 15 is 0 Å². The highest BCUT2D eigenvalue weighted by Gasteiger charge is 2.18. The summed E-state index contributed by atoms with van der Waals surface area (Å²) in [6, 6.07) is 3.48. The van der Waals surface area contributed by atoms with Crippen LogP contribution in [0.5, 0.6) is 0 Å². The molecule has 0 atom stereocenters. The number of hydrogen-bond donors (Lipinski definition) is 1. The van der Waals surface area contributed by atoms with Crippen LogP contribution in [0.2, 0.25) is 0 Å². The summed E-state index contributed by atoms with van der Waals surface area (Å²) in [5, 5.41) is 24.5. The number of non-ortho nitro benzene ring substituents is 1. The van der Waals surface area contributed by atoms with Crippen LogP contribution in [-0.2, 0) is 9.47 Å². The molecule has 0 unspecified atom stereocenters. The largest absolute Gasteiger partial charge is 0.379 e. The summed E-state index contributed by atoms with van der Waals surface area (Å²) < 4.78 is 10.8. The molecule has 0 aromatic heterocycles. The lowest BCUT2D eigenvalue weighted by Gasteiger charge is -2.08. The molecular formula is C16H24ClN3O6. The summed E-state index contributed by atoms with van der Waals surface area (Å²) in [6.45, 7) is 2.31. The van der Waals surface area contributed by atoms with Gasteiger partial charge in [-0.2, -0.15) is 0 Å². The molecule has 0 heterocycles. The molecule has 0 aliphatic carbocycles. The third-order valence-electron chi connectivity index (χ3n) is 3.49. The zero-order chi connectivity index (χ0) is 19.2. The number of anilines is 1. The van der Waals surface area contributed by atoms with Crippen molar-refractivity contribution in [3.05, 3.63) is 38.4 Å². The van der Waals surface area contributed by atoms with Gasteiger partial charge in [-0.1, -0.05) is 12.8 Å². The second kappa shape index (κ2) is 13.3. The molecule has 1 N–H and O–H groups in total. The summed E-state index contributed by atoms with van der Waals surface area (Å²) in [4.78, 5) is 20.4. The Morgan fingerprint density at radius 1 is 0.923 bits per heavy atom. The number of halogens is 1. The third-order valence-corrected chi connectivity index (χ3v) is 3.76. The molecule has 10 heteroatoms. The molecule has 1 aromatic rings. The highest BCUT2D eigenvalue weighted by atomic mass is 35.5. The maximum atomic E-state index is 11.0. The second-order valence-corrected chi connectivity index (χ2v) is 5.85. The topological polar surface area (TPSA) is 117 Å². The minimum atomic E-state index is -0.669. The van der Waals surface area contributed by atoms with Crippen LogP contribution in [0.4, 0.5) is 17.1 Å². The predicted octanol–water partition coefficient (Wildman–Crippen LogP) is 3.75. The number of nitro benzene ring substituents is 2. The van der Waals surface area contributed by atoms with Crippen LogP contribution in [0.25, 0.3) is 0 Å². The van der Waals surface area contributed by atoms with Gasteiger partial charge in [0.05, 0.1) is 35.7 Å². The first-order valence-electron chi connectivity index (χ1n) is 8.44. The molecule has 26 heavy (non-hydrogen) atoms. The maximum Gasteiger partial charge on any atom is 0.299 e. The fourth-order valence-corrected chi connectivity index (χ4v) is 2.36. The van der Waals surface area contributed by atoms with E-state index in [1.54, 1.807) is 0 Å². The minimum absolute atomic E-state index is 0.220. The number of alkyl halides is 1. The first kappa shape index (κ1) is 22.1. The number of rotatable bonds is 15. The number of unbranched alkanes of at least 4 members (excludes halogenated alkanes) is 3. The fraction of sp³-hybridized carbons (Fsp3) is 0.625. The molecule has 0 bridgehead atoms. The Bertz CT molecular complexity index is 573. The van der Waals surface area contributed by atoms with E-state index in [-0.39, 0.29) is 17.1 Å². The molecule has 0 saturated heterocycles. The lowest BCUT2D eigenvalue weighted by Crippen LogP contribution is -2.13. The lowest BCUT2D eigenvalue weighted by molar-refractivity contribution is -0.393. The smallest absolute Gasteiger partial charge is 0.299 e. The van der Waals surface area contributed by atoms with Crippen LogP contribution in [0.15, 0.2) is 18.2 Å². The average molecular weight is 390 g/mol. The zero-order valence-electron chi connectivity index (χ0n) is 14.5. The Hall–Kier alpha value is -1.97. The van der Waals surface area contributed by atoms with Crippen molar-refractivity contribution in [3.63, 3.8) is 0 Å². The number of benzene rings is 1. The van der Waals surface area contributed by atoms with Crippen LogP contribution in [-0.4, -0.2) is 48.7 Å². The normalized spacial score (nSPS) is 10.7. The molecule has 146 valence electrons. The van der Waals surface area contributed by atoms with Crippen molar-refractivity contribution in [3.8, 4) is 0 Å². The van der Waals surface area contributed by atoms with Gasteiger partial charge in [-0.05, 0) is 18.9 Å². The molecular weight excluding hydrogens is 366 g/mol. The maximum absolute atomic E-state index is 11.0. The Kier molecular flexibility index (Phi) is 11.3. The summed E-state index contributed by atoms with van der Waals surface area (Å²) in [5.41, 5.74) is -0.438. The van der Waals surface area contributed by atoms with Crippen LogP contribution < -0.4 is 5.32 Å². The van der Waals surface area contributed by atoms with E-state index in [9.17, 15) is 20.2 Å². The van der Waals surface area contributed by atoms with E-state index in [0.29, 0.717) is 38.9 Å². The molecule has 0 radical (unpaired) electrons. The number of nitrogens with one attached hydrogen (secondary N) is 1. The van der Waals surface area contributed by atoms with E-state index < -0.39 is 9.85 Å². The zero-order valence-corrected chi connectivity index (χ0v) is 15.3. The summed E-state index contributed by atoms with van der Waals surface area (Å²) >= 11 is 5.59. The summed E-state index contributed by atoms with van der Waals surface area (Å²) in [6.07, 6.45) is 4.25. The van der Waals surface area contributed by atoms with Crippen LogP contribution in [0.1, 0.15) is 25.7 Å². The number of nitrogens with zero attached hydrogens (tertiary/aromatic N) is 2. The highest BCUT2D eigenvalue weighted by Crippen LogP contribution is 2.28. The van der Waals surface area contributed by atoms with E-state index in [2.05, 4.69) is 5.32 Å². The molecule has 0 fully saturated rings. The highest BCUT2D eigenvalue weighted by molar-refractivity contribution is 6.17. The molecule has 0 aliphatic rings. The fourth-order valence-electron chi connectivity index (χ4n) is 2.17. The standard InChI is InChI=1S/C16H24ClN3O6/c17-7-3-1-2-4-9-25-11-12-26-10-8-18-15-6-5-14(19(21)22)13-16(15)20(23)24/h5-6,13,18H,1-4,7-12H2. The number of ether oxygens (including phenoxy) is 2. The minimum Gasteiger partial charge on any atom is -0.379 e. The summed E-state index contributed by atoms with van der Waals surface area (Å²) in [5.74, 6) is 0.700. The van der Waals surface area contributed by atoms with Crippen molar-refractivity contribution >= 4 is 28.7 Å². The van der Waals surface area contributed by atoms with Gasteiger partial charge in [0, 0.05) is 25.1 Å².